The van der Waals surface area contributed by atoms with Crippen molar-refractivity contribution in [2.45, 2.75) is 6.18 Å². The molecule has 0 amide bonds. The van der Waals surface area contributed by atoms with E-state index in [-0.39, 0.29) is 15.8 Å². The van der Waals surface area contributed by atoms with Gasteiger partial charge in [-0.2, -0.15) is 13.2 Å². The largest absolute Gasteiger partial charge is 0.416 e. The van der Waals surface area contributed by atoms with E-state index in [2.05, 4.69) is 17.2 Å². The fourth-order valence-electron chi connectivity index (χ4n) is 1.13. The number of hydrogen-bond donors (Lipinski definition) is 2. The van der Waals surface area contributed by atoms with Crippen molar-refractivity contribution < 1.29 is 13.2 Å². The summed E-state index contributed by atoms with van der Waals surface area (Å²) < 4.78 is 37.5. The third-order valence-corrected chi connectivity index (χ3v) is 2.52. The lowest BCUT2D eigenvalue weighted by atomic mass is 10.2. The third kappa shape index (κ3) is 4.19. The number of alkyl halides is 3. The average molecular weight is 295 g/mol. The van der Waals surface area contributed by atoms with Gasteiger partial charge in [-0.15, -0.1) is 6.58 Å². The van der Waals surface area contributed by atoms with E-state index in [1.807, 2.05) is 0 Å². The van der Waals surface area contributed by atoms with Crippen molar-refractivity contribution in [2.75, 3.05) is 11.9 Å². The van der Waals surface area contributed by atoms with Crippen molar-refractivity contribution >= 4 is 34.6 Å². The van der Waals surface area contributed by atoms with Crippen LogP contribution in [0.5, 0.6) is 0 Å². The molecule has 7 heteroatoms. The van der Waals surface area contributed by atoms with Crippen LogP contribution in [0.2, 0.25) is 5.02 Å². The maximum Gasteiger partial charge on any atom is 0.416 e. The Morgan fingerprint density at radius 3 is 2.67 bits per heavy atom. The van der Waals surface area contributed by atoms with Crippen molar-refractivity contribution in [2.24, 2.45) is 0 Å². The van der Waals surface area contributed by atoms with E-state index in [4.69, 9.17) is 23.8 Å². The van der Waals surface area contributed by atoms with Gasteiger partial charge in [-0.1, -0.05) is 17.7 Å². The molecule has 0 aliphatic heterocycles. The molecule has 0 aromatic heterocycles. The summed E-state index contributed by atoms with van der Waals surface area (Å²) >= 11 is 10.7. The van der Waals surface area contributed by atoms with Crippen molar-refractivity contribution in [1.29, 1.82) is 0 Å². The first-order chi connectivity index (χ1) is 8.34. The predicted octanol–water partition coefficient (Wildman–Crippen LogP) is 3.83. The highest BCUT2D eigenvalue weighted by molar-refractivity contribution is 7.80. The van der Waals surface area contributed by atoms with E-state index in [9.17, 15) is 13.2 Å². The SMILES string of the molecule is C=CCNC(=S)Nc1cc(C(F)(F)F)ccc1Cl. The minimum Gasteiger partial charge on any atom is -0.359 e. The normalized spacial score (nSPS) is 10.9. The van der Waals surface area contributed by atoms with Gasteiger partial charge in [0, 0.05) is 6.54 Å². The van der Waals surface area contributed by atoms with Gasteiger partial charge in [-0.3, -0.25) is 0 Å². The van der Waals surface area contributed by atoms with Gasteiger partial charge in [0.2, 0.25) is 0 Å². The van der Waals surface area contributed by atoms with Gasteiger partial charge < -0.3 is 10.6 Å². The summed E-state index contributed by atoms with van der Waals surface area (Å²) in [6.45, 7) is 3.88. The third-order valence-electron chi connectivity index (χ3n) is 1.95. The van der Waals surface area contributed by atoms with Gasteiger partial charge in [-0.25, -0.2) is 0 Å². The molecule has 2 N–H and O–H groups in total. The molecule has 0 aliphatic rings. The Labute approximate surface area is 113 Å². The first-order valence-electron chi connectivity index (χ1n) is 4.87. The molecule has 0 saturated carbocycles. The number of anilines is 1. The van der Waals surface area contributed by atoms with Gasteiger partial charge >= 0.3 is 6.18 Å². The molecule has 0 spiro atoms. The first kappa shape index (κ1) is 14.8. The molecule has 0 unspecified atom stereocenters. The quantitative estimate of drug-likeness (QED) is 0.654. The fraction of sp³-hybridized carbons (Fsp3) is 0.182. The number of nitrogens with one attached hydrogen (secondary N) is 2. The highest BCUT2D eigenvalue weighted by atomic mass is 35.5. The maximum absolute atomic E-state index is 12.5. The highest BCUT2D eigenvalue weighted by Crippen LogP contribution is 2.33. The lowest BCUT2D eigenvalue weighted by molar-refractivity contribution is -0.137. The maximum atomic E-state index is 12.5. The van der Waals surface area contributed by atoms with Crippen LogP contribution >= 0.6 is 23.8 Å². The van der Waals surface area contributed by atoms with E-state index >= 15 is 0 Å². The predicted molar refractivity (Wildman–Crippen MR) is 70.9 cm³/mol. The topological polar surface area (TPSA) is 24.1 Å². The highest BCUT2D eigenvalue weighted by Gasteiger charge is 2.30. The summed E-state index contributed by atoms with van der Waals surface area (Å²) in [6, 6.07) is 2.99. The van der Waals surface area contributed by atoms with Crippen molar-refractivity contribution in [1.82, 2.24) is 5.32 Å². The summed E-state index contributed by atoms with van der Waals surface area (Å²) in [4.78, 5) is 0. The Hall–Kier alpha value is -1.27. The minimum absolute atomic E-state index is 0.105. The van der Waals surface area contributed by atoms with E-state index in [0.29, 0.717) is 6.54 Å². The molecule has 0 aliphatic carbocycles. The number of benzene rings is 1. The molecule has 0 heterocycles. The molecule has 0 bridgehead atoms. The van der Waals surface area contributed by atoms with Gasteiger partial charge in [0.1, 0.15) is 0 Å². The molecule has 0 fully saturated rings. The summed E-state index contributed by atoms with van der Waals surface area (Å²) in [5.41, 5.74) is -0.686. The minimum atomic E-state index is -4.42. The molecular weight excluding hydrogens is 285 g/mol. The van der Waals surface area contributed by atoms with Crippen LogP contribution in [0.15, 0.2) is 30.9 Å². The fourth-order valence-corrected chi connectivity index (χ4v) is 1.49. The molecule has 98 valence electrons. The first-order valence-corrected chi connectivity index (χ1v) is 5.65. The summed E-state index contributed by atoms with van der Waals surface area (Å²) in [5.74, 6) is 0. The van der Waals surface area contributed by atoms with E-state index in [0.717, 1.165) is 12.1 Å². The second-order valence-electron chi connectivity index (χ2n) is 3.32. The van der Waals surface area contributed by atoms with Gasteiger partial charge in [-0.05, 0) is 30.4 Å². The van der Waals surface area contributed by atoms with Crippen LogP contribution < -0.4 is 10.6 Å². The standard InChI is InChI=1S/C11H10ClF3N2S/c1-2-5-16-10(18)17-9-6-7(11(13,14)15)3-4-8(9)12/h2-4,6H,1,5H2,(H2,16,17,18). The molecule has 0 radical (unpaired) electrons. The van der Waals surface area contributed by atoms with Crippen LogP contribution in [0.3, 0.4) is 0 Å². The summed E-state index contributed by atoms with van der Waals surface area (Å²) in [5, 5.41) is 5.66. The van der Waals surface area contributed by atoms with Crippen LogP contribution in [0, 0.1) is 0 Å². The van der Waals surface area contributed by atoms with Crippen LogP contribution in [0.1, 0.15) is 5.56 Å². The molecule has 18 heavy (non-hydrogen) atoms. The smallest absolute Gasteiger partial charge is 0.359 e. The second kappa shape index (κ2) is 6.06. The Kier molecular flexibility index (Phi) is 4.98. The Morgan fingerprint density at radius 1 is 1.44 bits per heavy atom. The lowest BCUT2D eigenvalue weighted by Gasteiger charge is -2.13. The molecular formula is C11H10ClF3N2S. The van der Waals surface area contributed by atoms with Crippen molar-refractivity contribution in [3.8, 4) is 0 Å². The lowest BCUT2D eigenvalue weighted by Crippen LogP contribution is -2.28. The summed E-state index contributed by atoms with van der Waals surface area (Å²) in [6.07, 6.45) is -2.85. The second-order valence-corrected chi connectivity index (χ2v) is 4.13. The van der Waals surface area contributed by atoms with E-state index in [1.165, 1.54) is 6.07 Å². The van der Waals surface area contributed by atoms with Crippen molar-refractivity contribution in [3.63, 3.8) is 0 Å². The zero-order valence-corrected chi connectivity index (χ0v) is 10.7. The average Bonchev–Trinajstić information content (AvgIpc) is 2.28. The number of halogens is 4. The number of rotatable bonds is 3. The molecule has 1 aromatic rings. The zero-order chi connectivity index (χ0) is 13.8. The van der Waals surface area contributed by atoms with E-state index < -0.39 is 11.7 Å². The monoisotopic (exact) mass is 294 g/mol. The molecule has 0 saturated heterocycles. The van der Waals surface area contributed by atoms with Gasteiger partial charge in [0.05, 0.1) is 16.3 Å². The van der Waals surface area contributed by atoms with Crippen LogP contribution in [-0.2, 0) is 6.18 Å². The van der Waals surface area contributed by atoms with Gasteiger partial charge in [0.15, 0.2) is 5.11 Å². The van der Waals surface area contributed by atoms with Crippen molar-refractivity contribution in [3.05, 3.63) is 41.4 Å². The molecule has 2 nitrogen and oxygen atoms in total. The Morgan fingerprint density at radius 2 is 2.11 bits per heavy atom. The number of thiocarbonyl (C=S) groups is 1. The molecule has 1 rings (SSSR count). The van der Waals surface area contributed by atoms with Crippen LogP contribution in [0.4, 0.5) is 18.9 Å². The summed E-state index contributed by atoms with van der Waals surface area (Å²) in [7, 11) is 0. The van der Waals surface area contributed by atoms with E-state index in [1.54, 1.807) is 6.08 Å². The Balaban J connectivity index is 2.88. The molecule has 0 atom stereocenters. The Bertz CT molecular complexity index is 460. The van der Waals surface area contributed by atoms with Gasteiger partial charge in [0.25, 0.3) is 0 Å². The zero-order valence-electron chi connectivity index (χ0n) is 9.14. The van der Waals surface area contributed by atoms with Crippen LogP contribution in [-0.4, -0.2) is 11.7 Å². The molecule has 1 aromatic carbocycles. The number of hydrogen-bond acceptors (Lipinski definition) is 1. The van der Waals surface area contributed by atoms with Crippen LogP contribution in [0.25, 0.3) is 0 Å².